The zero-order valence-electron chi connectivity index (χ0n) is 16.9. The summed E-state index contributed by atoms with van der Waals surface area (Å²) in [4.78, 5) is 37.6. The number of aromatic nitrogens is 2. The van der Waals surface area contributed by atoms with E-state index in [1.54, 1.807) is 30.7 Å². The van der Waals surface area contributed by atoms with E-state index in [0.717, 1.165) is 18.4 Å². The van der Waals surface area contributed by atoms with Gasteiger partial charge in [0.15, 0.2) is 0 Å². The van der Waals surface area contributed by atoms with Gasteiger partial charge in [0.25, 0.3) is 5.91 Å². The van der Waals surface area contributed by atoms with Crippen LogP contribution in [0, 0.1) is 0 Å². The van der Waals surface area contributed by atoms with Crippen molar-refractivity contribution in [3.63, 3.8) is 0 Å². The molecular formula is C22H27N5O3. The Morgan fingerprint density at radius 3 is 2.67 bits per heavy atom. The smallest absolute Gasteiger partial charge is 0.272 e. The van der Waals surface area contributed by atoms with Gasteiger partial charge in [0.1, 0.15) is 5.69 Å². The maximum Gasteiger partial charge on any atom is 0.272 e. The number of rotatable bonds is 5. The summed E-state index contributed by atoms with van der Waals surface area (Å²) in [6, 6.07) is 8.92. The Morgan fingerprint density at radius 1 is 1.13 bits per heavy atom. The van der Waals surface area contributed by atoms with Crippen molar-refractivity contribution in [2.24, 2.45) is 0 Å². The van der Waals surface area contributed by atoms with E-state index in [1.165, 1.54) is 0 Å². The fourth-order valence-electron chi connectivity index (χ4n) is 4.36. The van der Waals surface area contributed by atoms with Crippen molar-refractivity contribution in [3.05, 3.63) is 60.2 Å². The van der Waals surface area contributed by atoms with E-state index in [0.29, 0.717) is 38.3 Å². The van der Waals surface area contributed by atoms with Gasteiger partial charge in [0, 0.05) is 50.8 Å². The van der Waals surface area contributed by atoms with Gasteiger partial charge in [-0.2, -0.15) is 0 Å². The van der Waals surface area contributed by atoms with Gasteiger partial charge in [0.2, 0.25) is 5.91 Å². The Morgan fingerprint density at radius 2 is 1.97 bits per heavy atom. The molecule has 2 aromatic heterocycles. The van der Waals surface area contributed by atoms with Crippen molar-refractivity contribution in [1.29, 1.82) is 0 Å². The first kappa shape index (κ1) is 20.4. The standard InChI is InChI=1S/C22H27N5O3/c28-18-12-20(21(29)25-14-16-4-3-8-23-13-16)27(15-18)17-6-10-26(11-7-17)22(30)19-5-1-2-9-24-19/h1-5,8-9,13,17-18,20,28H,6-7,10-12,14-15H2,(H,25,29)/t18-,20+/m1/s1. The summed E-state index contributed by atoms with van der Waals surface area (Å²) in [7, 11) is 0. The quantitative estimate of drug-likeness (QED) is 0.759. The molecule has 2 aromatic rings. The van der Waals surface area contributed by atoms with E-state index in [2.05, 4.69) is 20.2 Å². The monoisotopic (exact) mass is 409 g/mol. The first-order valence-electron chi connectivity index (χ1n) is 10.4. The van der Waals surface area contributed by atoms with Gasteiger partial charge in [-0.25, -0.2) is 0 Å². The summed E-state index contributed by atoms with van der Waals surface area (Å²) in [5.41, 5.74) is 1.40. The van der Waals surface area contributed by atoms with Crippen LogP contribution in [-0.4, -0.2) is 74.5 Å². The molecule has 2 atom stereocenters. The summed E-state index contributed by atoms with van der Waals surface area (Å²) < 4.78 is 0. The van der Waals surface area contributed by atoms with E-state index in [-0.39, 0.29) is 23.9 Å². The highest BCUT2D eigenvalue weighted by Crippen LogP contribution is 2.27. The molecule has 0 unspecified atom stereocenters. The largest absolute Gasteiger partial charge is 0.392 e. The van der Waals surface area contributed by atoms with Crippen LogP contribution in [0.3, 0.4) is 0 Å². The Kier molecular flexibility index (Phi) is 6.35. The van der Waals surface area contributed by atoms with Crippen LogP contribution in [0.1, 0.15) is 35.3 Å². The van der Waals surface area contributed by atoms with E-state index < -0.39 is 6.10 Å². The number of hydrogen-bond acceptors (Lipinski definition) is 6. The molecular weight excluding hydrogens is 382 g/mol. The molecule has 0 radical (unpaired) electrons. The highest BCUT2D eigenvalue weighted by molar-refractivity contribution is 5.92. The van der Waals surface area contributed by atoms with Crippen LogP contribution in [0.2, 0.25) is 0 Å². The predicted octanol–water partition coefficient (Wildman–Crippen LogP) is 0.833. The minimum Gasteiger partial charge on any atom is -0.392 e. The van der Waals surface area contributed by atoms with Crippen molar-refractivity contribution < 1.29 is 14.7 Å². The van der Waals surface area contributed by atoms with Gasteiger partial charge < -0.3 is 15.3 Å². The second-order valence-electron chi connectivity index (χ2n) is 7.92. The Balaban J connectivity index is 1.33. The molecule has 2 aliphatic rings. The predicted molar refractivity (Wildman–Crippen MR) is 110 cm³/mol. The highest BCUT2D eigenvalue weighted by Gasteiger charge is 2.41. The molecule has 0 saturated carbocycles. The molecule has 0 bridgehead atoms. The molecule has 0 spiro atoms. The third-order valence-electron chi connectivity index (χ3n) is 5.91. The van der Waals surface area contributed by atoms with E-state index in [1.807, 2.05) is 23.1 Å². The average Bonchev–Trinajstić information content (AvgIpc) is 3.20. The number of likely N-dealkylation sites (tertiary alicyclic amines) is 2. The van der Waals surface area contributed by atoms with Crippen molar-refractivity contribution in [1.82, 2.24) is 25.1 Å². The number of nitrogens with one attached hydrogen (secondary N) is 1. The van der Waals surface area contributed by atoms with Crippen LogP contribution >= 0.6 is 0 Å². The number of β-amino-alcohol motifs (C(OH)–C–C–N with tert-alkyl or cyclic N) is 1. The molecule has 2 N–H and O–H groups in total. The fourth-order valence-corrected chi connectivity index (χ4v) is 4.36. The Bertz CT molecular complexity index is 856. The lowest BCUT2D eigenvalue weighted by Gasteiger charge is -2.38. The number of amides is 2. The third-order valence-corrected chi connectivity index (χ3v) is 5.91. The molecule has 4 rings (SSSR count). The van der Waals surface area contributed by atoms with Gasteiger partial charge in [0.05, 0.1) is 12.1 Å². The zero-order valence-corrected chi connectivity index (χ0v) is 16.9. The topological polar surface area (TPSA) is 98.7 Å². The molecule has 0 aliphatic carbocycles. The van der Waals surface area contributed by atoms with Crippen LogP contribution in [0.25, 0.3) is 0 Å². The SMILES string of the molecule is O=C(NCc1cccnc1)[C@@H]1C[C@@H](O)CN1C1CCN(C(=O)c2ccccn2)CC1. The van der Waals surface area contributed by atoms with Crippen molar-refractivity contribution in [2.75, 3.05) is 19.6 Å². The number of pyridine rings is 2. The van der Waals surface area contributed by atoms with Crippen LogP contribution in [0.15, 0.2) is 48.9 Å². The molecule has 2 saturated heterocycles. The lowest BCUT2D eigenvalue weighted by atomic mass is 10.0. The van der Waals surface area contributed by atoms with E-state index in [4.69, 9.17) is 0 Å². The summed E-state index contributed by atoms with van der Waals surface area (Å²) in [6.07, 6.45) is 6.54. The molecule has 2 fully saturated rings. The van der Waals surface area contributed by atoms with Crippen LogP contribution in [0.5, 0.6) is 0 Å². The molecule has 2 aliphatic heterocycles. The first-order valence-corrected chi connectivity index (χ1v) is 10.4. The summed E-state index contributed by atoms with van der Waals surface area (Å²) in [5, 5.41) is 13.2. The molecule has 8 nitrogen and oxygen atoms in total. The summed E-state index contributed by atoms with van der Waals surface area (Å²) in [5.74, 6) is -0.122. The van der Waals surface area contributed by atoms with Crippen molar-refractivity contribution in [3.8, 4) is 0 Å². The second-order valence-corrected chi connectivity index (χ2v) is 7.92. The minimum atomic E-state index is -0.507. The van der Waals surface area contributed by atoms with Gasteiger partial charge in [-0.05, 0) is 43.0 Å². The van der Waals surface area contributed by atoms with Crippen molar-refractivity contribution >= 4 is 11.8 Å². The minimum absolute atomic E-state index is 0.0544. The molecule has 158 valence electrons. The van der Waals surface area contributed by atoms with E-state index in [9.17, 15) is 14.7 Å². The Hall–Kier alpha value is -2.84. The third kappa shape index (κ3) is 4.66. The molecule has 4 heterocycles. The first-order chi connectivity index (χ1) is 14.6. The number of nitrogens with zero attached hydrogens (tertiary/aromatic N) is 4. The van der Waals surface area contributed by atoms with Gasteiger partial charge in [-0.1, -0.05) is 12.1 Å². The van der Waals surface area contributed by atoms with Crippen LogP contribution < -0.4 is 5.32 Å². The number of aliphatic hydroxyl groups excluding tert-OH is 1. The lowest BCUT2D eigenvalue weighted by molar-refractivity contribution is -0.126. The van der Waals surface area contributed by atoms with Gasteiger partial charge >= 0.3 is 0 Å². The number of hydrogen-bond donors (Lipinski definition) is 2. The maximum atomic E-state index is 12.8. The number of aliphatic hydroxyl groups is 1. The molecule has 0 aromatic carbocycles. The lowest BCUT2D eigenvalue weighted by Crippen LogP contribution is -2.52. The zero-order chi connectivity index (χ0) is 20.9. The molecule has 30 heavy (non-hydrogen) atoms. The molecule has 2 amide bonds. The van der Waals surface area contributed by atoms with Crippen LogP contribution in [0.4, 0.5) is 0 Å². The average molecular weight is 409 g/mol. The van der Waals surface area contributed by atoms with E-state index >= 15 is 0 Å². The Labute approximate surface area is 175 Å². The maximum absolute atomic E-state index is 12.8. The number of carbonyl (C=O) groups excluding carboxylic acids is 2. The number of piperidine rings is 1. The van der Waals surface area contributed by atoms with Crippen molar-refractivity contribution in [2.45, 2.75) is 44.0 Å². The fraction of sp³-hybridized carbons (Fsp3) is 0.455. The van der Waals surface area contributed by atoms with Crippen LogP contribution in [-0.2, 0) is 11.3 Å². The van der Waals surface area contributed by atoms with Gasteiger partial charge in [-0.3, -0.25) is 24.5 Å². The summed E-state index contributed by atoms with van der Waals surface area (Å²) >= 11 is 0. The summed E-state index contributed by atoms with van der Waals surface area (Å²) in [6.45, 7) is 2.15. The normalized spacial score (nSPS) is 22.8. The highest BCUT2D eigenvalue weighted by atomic mass is 16.3. The number of carbonyl (C=O) groups is 2. The molecule has 8 heteroatoms. The van der Waals surface area contributed by atoms with Gasteiger partial charge in [-0.15, -0.1) is 0 Å². The second kappa shape index (κ2) is 9.32.